The summed E-state index contributed by atoms with van der Waals surface area (Å²) in [6.07, 6.45) is 3.15. The lowest BCUT2D eigenvalue weighted by atomic mass is 10.2. The van der Waals surface area contributed by atoms with Crippen LogP contribution in [0.25, 0.3) is 0 Å². The molecule has 1 aliphatic heterocycles. The summed E-state index contributed by atoms with van der Waals surface area (Å²) in [5, 5.41) is 2.80. The smallest absolute Gasteiger partial charge is 0.329 e. The molecule has 3 amide bonds. The molecule has 0 spiro atoms. The number of nitrogens with zero attached hydrogens (tertiary/aromatic N) is 2. The maximum atomic E-state index is 12.7. The molecule has 3 rings (SSSR count). The monoisotopic (exact) mass is 455 g/mol. The van der Waals surface area contributed by atoms with E-state index >= 15 is 0 Å². The number of hydrogen-bond donors (Lipinski definition) is 1. The Morgan fingerprint density at radius 2 is 1.97 bits per heavy atom. The number of rotatable bonds is 9. The Kier molecular flexibility index (Phi) is 8.23. The van der Waals surface area contributed by atoms with Gasteiger partial charge in [0.2, 0.25) is 5.91 Å². The van der Waals surface area contributed by atoms with Crippen LogP contribution in [0, 0.1) is 6.92 Å². The zero-order valence-electron chi connectivity index (χ0n) is 18.9. The highest BCUT2D eigenvalue weighted by atomic mass is 16.5. The molecule has 0 bridgehead atoms. The van der Waals surface area contributed by atoms with Gasteiger partial charge in [0, 0.05) is 18.8 Å². The Morgan fingerprint density at radius 3 is 2.67 bits per heavy atom. The molecule has 2 aromatic rings. The van der Waals surface area contributed by atoms with Crippen molar-refractivity contribution in [2.45, 2.75) is 39.2 Å². The number of benzene rings is 1. The van der Waals surface area contributed by atoms with E-state index in [-0.39, 0.29) is 24.1 Å². The van der Waals surface area contributed by atoms with E-state index in [9.17, 15) is 19.2 Å². The molecule has 9 nitrogen and oxygen atoms in total. The summed E-state index contributed by atoms with van der Waals surface area (Å²) in [4.78, 5) is 53.1. The van der Waals surface area contributed by atoms with Crippen molar-refractivity contribution in [3.05, 3.63) is 54.0 Å². The van der Waals surface area contributed by atoms with Gasteiger partial charge in [-0.1, -0.05) is 25.1 Å². The first kappa shape index (κ1) is 24.0. The molecule has 0 radical (unpaired) electrons. The maximum Gasteiger partial charge on any atom is 0.329 e. The summed E-state index contributed by atoms with van der Waals surface area (Å²) in [6, 6.07) is 9.74. The van der Waals surface area contributed by atoms with Crippen molar-refractivity contribution in [2.24, 2.45) is 0 Å². The average Bonchev–Trinajstić information content (AvgIpc) is 3.50. The van der Waals surface area contributed by atoms with E-state index in [0.29, 0.717) is 38.0 Å². The van der Waals surface area contributed by atoms with Crippen molar-refractivity contribution in [1.82, 2.24) is 9.80 Å². The summed E-state index contributed by atoms with van der Waals surface area (Å²) in [6.45, 7) is 3.90. The van der Waals surface area contributed by atoms with Gasteiger partial charge < -0.3 is 24.3 Å². The van der Waals surface area contributed by atoms with E-state index in [4.69, 9.17) is 9.15 Å². The highest BCUT2D eigenvalue weighted by Gasteiger charge is 2.37. The number of anilines is 1. The van der Waals surface area contributed by atoms with E-state index in [1.54, 1.807) is 12.1 Å². The van der Waals surface area contributed by atoms with Crippen molar-refractivity contribution in [1.29, 1.82) is 0 Å². The first-order chi connectivity index (χ1) is 15.9. The van der Waals surface area contributed by atoms with Gasteiger partial charge in [-0.15, -0.1) is 0 Å². The standard InChI is InChI=1S/C24H29N3O6/c1-3-12-26(15-21(28)25-18-9-5-4-8-17(18)2)22(29)16-33-24(31)19-10-6-13-27(19)23(30)20-11-7-14-32-20/h4-5,7-9,11,14,19H,3,6,10,12-13,15-16H2,1-2H3,(H,25,28)/t19-/m0/s1. The van der Waals surface area contributed by atoms with Crippen molar-refractivity contribution in [3.8, 4) is 0 Å². The topological polar surface area (TPSA) is 109 Å². The summed E-state index contributed by atoms with van der Waals surface area (Å²) in [7, 11) is 0. The van der Waals surface area contributed by atoms with E-state index in [2.05, 4.69) is 5.32 Å². The van der Waals surface area contributed by atoms with Gasteiger partial charge in [-0.25, -0.2) is 4.79 Å². The van der Waals surface area contributed by atoms with E-state index in [1.165, 1.54) is 22.1 Å². The van der Waals surface area contributed by atoms with Crippen LogP contribution in [0.5, 0.6) is 0 Å². The molecule has 1 aromatic heterocycles. The Labute approximate surface area is 192 Å². The van der Waals surface area contributed by atoms with Gasteiger partial charge in [-0.2, -0.15) is 0 Å². The van der Waals surface area contributed by atoms with Crippen LogP contribution in [0.2, 0.25) is 0 Å². The number of carbonyl (C=O) groups is 4. The molecule has 33 heavy (non-hydrogen) atoms. The predicted octanol–water partition coefficient (Wildman–Crippen LogP) is 2.61. The van der Waals surface area contributed by atoms with Crippen LogP contribution in [-0.4, -0.2) is 65.8 Å². The number of ether oxygens (including phenoxy) is 1. The van der Waals surface area contributed by atoms with Crippen LogP contribution in [0.3, 0.4) is 0 Å². The molecule has 1 aromatic carbocycles. The van der Waals surface area contributed by atoms with Gasteiger partial charge >= 0.3 is 5.97 Å². The van der Waals surface area contributed by atoms with Crippen molar-refractivity contribution >= 4 is 29.4 Å². The highest BCUT2D eigenvalue weighted by molar-refractivity contribution is 5.96. The van der Waals surface area contributed by atoms with Crippen LogP contribution >= 0.6 is 0 Å². The van der Waals surface area contributed by atoms with Gasteiger partial charge in [-0.3, -0.25) is 14.4 Å². The Morgan fingerprint density at radius 1 is 1.18 bits per heavy atom. The van der Waals surface area contributed by atoms with Gasteiger partial charge in [0.25, 0.3) is 11.8 Å². The minimum atomic E-state index is -0.764. The van der Waals surface area contributed by atoms with Crippen LogP contribution in [0.15, 0.2) is 47.1 Å². The zero-order chi connectivity index (χ0) is 23.8. The molecular weight excluding hydrogens is 426 g/mol. The fourth-order valence-corrected chi connectivity index (χ4v) is 3.76. The van der Waals surface area contributed by atoms with Gasteiger partial charge in [0.15, 0.2) is 12.4 Å². The number of nitrogens with one attached hydrogen (secondary N) is 1. The number of hydrogen-bond acceptors (Lipinski definition) is 6. The summed E-state index contributed by atoms with van der Waals surface area (Å²) >= 11 is 0. The third-order valence-corrected chi connectivity index (χ3v) is 5.46. The largest absolute Gasteiger partial charge is 0.459 e. The molecule has 1 atom stereocenters. The van der Waals surface area contributed by atoms with E-state index in [0.717, 1.165) is 5.56 Å². The lowest BCUT2D eigenvalue weighted by molar-refractivity contribution is -0.155. The number of amides is 3. The number of likely N-dealkylation sites (tertiary alicyclic amines) is 1. The molecule has 2 heterocycles. The zero-order valence-corrected chi connectivity index (χ0v) is 18.9. The summed E-state index contributed by atoms with van der Waals surface area (Å²) < 4.78 is 10.4. The van der Waals surface area contributed by atoms with Gasteiger partial charge in [0.1, 0.15) is 6.04 Å². The lowest BCUT2D eigenvalue weighted by Gasteiger charge is -2.24. The van der Waals surface area contributed by atoms with Crippen LogP contribution in [0.4, 0.5) is 5.69 Å². The van der Waals surface area contributed by atoms with Crippen LogP contribution < -0.4 is 5.32 Å². The van der Waals surface area contributed by atoms with Crippen molar-refractivity contribution < 1.29 is 28.3 Å². The molecule has 9 heteroatoms. The quantitative estimate of drug-likeness (QED) is 0.582. The third kappa shape index (κ3) is 6.21. The number of furan rings is 1. The van der Waals surface area contributed by atoms with Crippen LogP contribution in [-0.2, 0) is 19.1 Å². The second-order valence-corrected chi connectivity index (χ2v) is 7.92. The minimum Gasteiger partial charge on any atom is -0.459 e. The Balaban J connectivity index is 1.54. The maximum absolute atomic E-state index is 12.7. The predicted molar refractivity (Wildman–Crippen MR) is 120 cm³/mol. The lowest BCUT2D eigenvalue weighted by Crippen LogP contribution is -2.44. The molecular formula is C24H29N3O6. The highest BCUT2D eigenvalue weighted by Crippen LogP contribution is 2.21. The molecule has 0 unspecified atom stereocenters. The molecule has 1 fully saturated rings. The van der Waals surface area contributed by atoms with Crippen LogP contribution in [0.1, 0.15) is 42.3 Å². The SMILES string of the molecule is CCCN(CC(=O)Nc1ccccc1C)C(=O)COC(=O)[C@@H]1CCCN1C(=O)c1ccco1. The average molecular weight is 456 g/mol. The number of carbonyl (C=O) groups excluding carboxylic acids is 4. The number of para-hydroxylation sites is 1. The molecule has 1 saturated heterocycles. The fourth-order valence-electron chi connectivity index (χ4n) is 3.76. The second kappa shape index (κ2) is 11.3. The van der Waals surface area contributed by atoms with Gasteiger partial charge in [-0.05, 0) is 49.9 Å². The number of esters is 1. The normalized spacial score (nSPS) is 15.2. The second-order valence-electron chi connectivity index (χ2n) is 7.92. The van der Waals surface area contributed by atoms with Crippen molar-refractivity contribution in [3.63, 3.8) is 0 Å². The molecule has 0 saturated carbocycles. The van der Waals surface area contributed by atoms with Gasteiger partial charge in [0.05, 0.1) is 12.8 Å². The van der Waals surface area contributed by atoms with E-state index in [1.807, 2.05) is 32.0 Å². The number of aryl methyl sites for hydroxylation is 1. The molecule has 1 N–H and O–H groups in total. The Bertz CT molecular complexity index is 988. The first-order valence-electron chi connectivity index (χ1n) is 11.0. The molecule has 1 aliphatic rings. The summed E-state index contributed by atoms with van der Waals surface area (Å²) in [5.41, 5.74) is 1.60. The minimum absolute atomic E-state index is 0.148. The molecule has 0 aliphatic carbocycles. The first-order valence-corrected chi connectivity index (χ1v) is 11.0. The third-order valence-electron chi connectivity index (χ3n) is 5.46. The fraction of sp³-hybridized carbons (Fsp3) is 0.417. The Hall–Kier alpha value is -3.62. The van der Waals surface area contributed by atoms with Crippen molar-refractivity contribution in [2.75, 3.05) is 31.6 Å². The van der Waals surface area contributed by atoms with E-state index < -0.39 is 24.5 Å². The molecule has 176 valence electrons. The summed E-state index contributed by atoms with van der Waals surface area (Å²) in [5.74, 6) is -1.66.